The standard InChI is InChI=1S/C10H21NO/c1-8(2)7-11-9-5-3-4-6-10(9)12/h8-12H,3-7H2,1-2H3/t9-,10+/m1/s1. The van der Waals surface area contributed by atoms with Crippen molar-refractivity contribution in [3.8, 4) is 0 Å². The van der Waals surface area contributed by atoms with Gasteiger partial charge in [0.05, 0.1) is 6.10 Å². The number of hydrogen-bond donors (Lipinski definition) is 2. The third-order valence-corrected chi connectivity index (χ3v) is 2.52. The Balaban J connectivity index is 2.20. The van der Waals surface area contributed by atoms with Gasteiger partial charge in [-0.25, -0.2) is 0 Å². The Hall–Kier alpha value is -0.0800. The smallest absolute Gasteiger partial charge is 0.0693 e. The number of hydrogen-bond acceptors (Lipinski definition) is 2. The molecule has 0 amide bonds. The van der Waals surface area contributed by atoms with Gasteiger partial charge in [0.15, 0.2) is 0 Å². The van der Waals surface area contributed by atoms with Crippen LogP contribution in [0.1, 0.15) is 39.5 Å². The van der Waals surface area contributed by atoms with E-state index in [1.54, 1.807) is 0 Å². The molecule has 2 nitrogen and oxygen atoms in total. The molecule has 2 N–H and O–H groups in total. The van der Waals surface area contributed by atoms with Crippen LogP contribution < -0.4 is 5.32 Å². The average Bonchev–Trinajstić information content (AvgIpc) is 2.03. The van der Waals surface area contributed by atoms with Gasteiger partial charge in [0, 0.05) is 6.04 Å². The molecule has 1 rings (SSSR count). The zero-order valence-electron chi connectivity index (χ0n) is 8.21. The molecule has 2 heteroatoms. The maximum atomic E-state index is 9.62. The lowest BCUT2D eigenvalue weighted by Crippen LogP contribution is -2.43. The highest BCUT2D eigenvalue weighted by molar-refractivity contribution is 4.80. The van der Waals surface area contributed by atoms with Crippen LogP contribution in [0.2, 0.25) is 0 Å². The monoisotopic (exact) mass is 171 g/mol. The molecule has 0 radical (unpaired) electrons. The van der Waals surface area contributed by atoms with Crippen LogP contribution in [0.5, 0.6) is 0 Å². The Morgan fingerprint density at radius 2 is 2.00 bits per heavy atom. The van der Waals surface area contributed by atoms with Gasteiger partial charge in [0.25, 0.3) is 0 Å². The van der Waals surface area contributed by atoms with Crippen molar-refractivity contribution >= 4 is 0 Å². The Morgan fingerprint density at radius 1 is 1.33 bits per heavy atom. The highest BCUT2D eigenvalue weighted by atomic mass is 16.3. The van der Waals surface area contributed by atoms with Gasteiger partial charge in [-0.05, 0) is 25.3 Å². The minimum absolute atomic E-state index is 0.0995. The molecule has 0 aromatic carbocycles. The van der Waals surface area contributed by atoms with Crippen LogP contribution in [0.4, 0.5) is 0 Å². The Morgan fingerprint density at radius 3 is 2.58 bits per heavy atom. The molecule has 1 aliphatic carbocycles. The van der Waals surface area contributed by atoms with E-state index in [0.29, 0.717) is 12.0 Å². The highest BCUT2D eigenvalue weighted by Crippen LogP contribution is 2.18. The quantitative estimate of drug-likeness (QED) is 0.675. The predicted molar refractivity (Wildman–Crippen MR) is 51.1 cm³/mol. The molecule has 0 unspecified atom stereocenters. The predicted octanol–water partition coefficient (Wildman–Crippen LogP) is 1.54. The van der Waals surface area contributed by atoms with Crippen molar-refractivity contribution < 1.29 is 5.11 Å². The highest BCUT2D eigenvalue weighted by Gasteiger charge is 2.21. The van der Waals surface area contributed by atoms with Crippen LogP contribution in [0.3, 0.4) is 0 Å². The number of rotatable bonds is 3. The maximum absolute atomic E-state index is 9.62. The first kappa shape index (κ1) is 10.0. The number of aliphatic hydroxyl groups is 1. The van der Waals surface area contributed by atoms with Crippen LogP contribution in [0.25, 0.3) is 0 Å². The molecule has 2 atom stereocenters. The molecular formula is C10H21NO. The maximum Gasteiger partial charge on any atom is 0.0693 e. The van der Waals surface area contributed by atoms with E-state index in [1.807, 2.05) is 0 Å². The topological polar surface area (TPSA) is 32.3 Å². The van der Waals surface area contributed by atoms with Gasteiger partial charge in [-0.2, -0.15) is 0 Å². The minimum atomic E-state index is -0.0995. The van der Waals surface area contributed by atoms with E-state index in [9.17, 15) is 5.11 Å². The molecule has 0 spiro atoms. The summed E-state index contributed by atoms with van der Waals surface area (Å²) < 4.78 is 0. The lowest BCUT2D eigenvalue weighted by molar-refractivity contribution is 0.0896. The third-order valence-electron chi connectivity index (χ3n) is 2.52. The van der Waals surface area contributed by atoms with Crippen molar-refractivity contribution in [2.24, 2.45) is 5.92 Å². The van der Waals surface area contributed by atoms with Crippen molar-refractivity contribution in [3.05, 3.63) is 0 Å². The third kappa shape index (κ3) is 3.11. The second-order valence-electron chi connectivity index (χ2n) is 4.26. The second kappa shape index (κ2) is 4.83. The van der Waals surface area contributed by atoms with Gasteiger partial charge in [-0.15, -0.1) is 0 Å². The lowest BCUT2D eigenvalue weighted by atomic mass is 9.92. The molecular weight excluding hydrogens is 150 g/mol. The molecule has 1 fully saturated rings. The summed E-state index contributed by atoms with van der Waals surface area (Å²) in [6, 6.07) is 0.362. The van der Waals surface area contributed by atoms with E-state index < -0.39 is 0 Å². The summed E-state index contributed by atoms with van der Waals surface area (Å²) in [6.45, 7) is 5.42. The first-order valence-electron chi connectivity index (χ1n) is 5.11. The molecule has 1 aliphatic rings. The largest absolute Gasteiger partial charge is 0.392 e. The summed E-state index contributed by atoms with van der Waals surface area (Å²) in [4.78, 5) is 0. The van der Waals surface area contributed by atoms with E-state index in [-0.39, 0.29) is 6.10 Å². The van der Waals surface area contributed by atoms with Crippen molar-refractivity contribution in [2.75, 3.05) is 6.54 Å². The SMILES string of the molecule is CC(C)CN[C@@H]1CCCC[C@@H]1O. The minimum Gasteiger partial charge on any atom is -0.392 e. The van der Waals surface area contributed by atoms with E-state index >= 15 is 0 Å². The van der Waals surface area contributed by atoms with Crippen molar-refractivity contribution in [1.29, 1.82) is 0 Å². The molecule has 0 bridgehead atoms. The fourth-order valence-corrected chi connectivity index (χ4v) is 1.74. The zero-order valence-corrected chi connectivity index (χ0v) is 8.21. The summed E-state index contributed by atoms with van der Waals surface area (Å²) in [6.07, 6.45) is 4.50. The fraction of sp³-hybridized carbons (Fsp3) is 1.00. The summed E-state index contributed by atoms with van der Waals surface area (Å²) >= 11 is 0. The number of aliphatic hydroxyl groups excluding tert-OH is 1. The average molecular weight is 171 g/mol. The van der Waals surface area contributed by atoms with E-state index in [4.69, 9.17) is 0 Å². The van der Waals surface area contributed by atoms with Gasteiger partial charge in [-0.1, -0.05) is 26.7 Å². The van der Waals surface area contributed by atoms with Crippen LogP contribution in [-0.4, -0.2) is 23.8 Å². The Kier molecular flexibility index (Phi) is 4.02. The van der Waals surface area contributed by atoms with Gasteiger partial charge >= 0.3 is 0 Å². The molecule has 1 saturated carbocycles. The fourth-order valence-electron chi connectivity index (χ4n) is 1.74. The Bertz CT molecular complexity index is 125. The van der Waals surface area contributed by atoms with Crippen molar-refractivity contribution in [2.45, 2.75) is 51.7 Å². The van der Waals surface area contributed by atoms with E-state index in [1.165, 1.54) is 12.8 Å². The molecule has 12 heavy (non-hydrogen) atoms. The van der Waals surface area contributed by atoms with Crippen molar-refractivity contribution in [3.63, 3.8) is 0 Å². The van der Waals surface area contributed by atoms with E-state index in [2.05, 4.69) is 19.2 Å². The number of nitrogens with one attached hydrogen (secondary N) is 1. The van der Waals surface area contributed by atoms with Gasteiger partial charge in [-0.3, -0.25) is 0 Å². The molecule has 0 aromatic heterocycles. The molecule has 0 saturated heterocycles. The van der Waals surface area contributed by atoms with Crippen molar-refractivity contribution in [1.82, 2.24) is 5.32 Å². The van der Waals surface area contributed by atoms with E-state index in [0.717, 1.165) is 19.4 Å². The molecule has 0 heterocycles. The zero-order chi connectivity index (χ0) is 8.97. The van der Waals surface area contributed by atoms with Gasteiger partial charge < -0.3 is 10.4 Å². The van der Waals surface area contributed by atoms with Gasteiger partial charge in [0.1, 0.15) is 0 Å². The normalized spacial score (nSPS) is 31.0. The molecule has 0 aromatic rings. The van der Waals surface area contributed by atoms with Crippen LogP contribution in [-0.2, 0) is 0 Å². The summed E-state index contributed by atoms with van der Waals surface area (Å²) in [5.74, 6) is 0.680. The summed E-state index contributed by atoms with van der Waals surface area (Å²) in [5, 5.41) is 13.0. The first-order chi connectivity index (χ1) is 5.70. The first-order valence-corrected chi connectivity index (χ1v) is 5.11. The van der Waals surface area contributed by atoms with Crippen LogP contribution >= 0.6 is 0 Å². The van der Waals surface area contributed by atoms with Crippen LogP contribution in [0.15, 0.2) is 0 Å². The Labute approximate surface area is 75.4 Å². The van der Waals surface area contributed by atoms with Crippen LogP contribution in [0, 0.1) is 5.92 Å². The lowest BCUT2D eigenvalue weighted by Gasteiger charge is -2.29. The summed E-state index contributed by atoms with van der Waals surface area (Å²) in [5.41, 5.74) is 0. The van der Waals surface area contributed by atoms with Gasteiger partial charge in [0.2, 0.25) is 0 Å². The molecule has 0 aliphatic heterocycles. The second-order valence-corrected chi connectivity index (χ2v) is 4.26. The summed E-state index contributed by atoms with van der Waals surface area (Å²) in [7, 11) is 0. The molecule has 72 valence electrons.